The van der Waals surface area contributed by atoms with Crippen LogP contribution in [0.3, 0.4) is 0 Å². The minimum Gasteiger partial charge on any atom is -0.491 e. The molecule has 3 N–H and O–H groups in total. The van der Waals surface area contributed by atoms with Gasteiger partial charge in [0.1, 0.15) is 5.75 Å². The van der Waals surface area contributed by atoms with E-state index in [2.05, 4.69) is 28.1 Å². The van der Waals surface area contributed by atoms with Crippen LogP contribution in [0.2, 0.25) is 0 Å². The standard InChI is InChI=1S/C27H31N3O3/c1-2-9-26(31)29-22-15-17-23(18-16-22)30-27(32)20-28-24-13-6-7-14-25(24)33-19-8-12-21-10-4-3-5-11-21/h3-7,10-11,13-18,28H,2,8-9,12,19-20H2,1H3,(H,29,31)(H,30,32). The minimum atomic E-state index is -0.170. The van der Waals surface area contributed by atoms with Gasteiger partial charge in [-0.05, 0) is 61.2 Å². The molecule has 33 heavy (non-hydrogen) atoms. The molecule has 0 atom stereocenters. The Balaban J connectivity index is 1.43. The highest BCUT2D eigenvalue weighted by Gasteiger charge is 2.07. The number of aryl methyl sites for hydroxylation is 1. The normalized spacial score (nSPS) is 10.3. The maximum Gasteiger partial charge on any atom is 0.243 e. The largest absolute Gasteiger partial charge is 0.491 e. The number of ether oxygens (including phenoxy) is 1. The van der Waals surface area contributed by atoms with Crippen LogP contribution in [0.4, 0.5) is 17.1 Å². The van der Waals surface area contributed by atoms with Gasteiger partial charge in [-0.15, -0.1) is 0 Å². The predicted molar refractivity (Wildman–Crippen MR) is 134 cm³/mol. The summed E-state index contributed by atoms with van der Waals surface area (Å²) in [4.78, 5) is 24.0. The van der Waals surface area contributed by atoms with E-state index in [1.54, 1.807) is 24.3 Å². The Morgan fingerprint density at radius 2 is 1.42 bits per heavy atom. The number of nitrogens with one attached hydrogen (secondary N) is 3. The van der Waals surface area contributed by atoms with Gasteiger partial charge in [0.2, 0.25) is 11.8 Å². The average Bonchev–Trinajstić information content (AvgIpc) is 2.83. The van der Waals surface area contributed by atoms with Crippen molar-refractivity contribution < 1.29 is 14.3 Å². The second kappa shape index (κ2) is 12.9. The van der Waals surface area contributed by atoms with Crippen molar-refractivity contribution in [2.45, 2.75) is 32.6 Å². The van der Waals surface area contributed by atoms with Crippen LogP contribution in [0.15, 0.2) is 78.9 Å². The zero-order valence-corrected chi connectivity index (χ0v) is 19.0. The monoisotopic (exact) mass is 445 g/mol. The Hall–Kier alpha value is -3.80. The molecule has 0 aliphatic carbocycles. The number of hydrogen-bond donors (Lipinski definition) is 3. The van der Waals surface area contributed by atoms with E-state index in [1.807, 2.05) is 49.4 Å². The molecule has 0 spiro atoms. The van der Waals surface area contributed by atoms with E-state index in [1.165, 1.54) is 5.56 Å². The highest BCUT2D eigenvalue weighted by atomic mass is 16.5. The summed E-state index contributed by atoms with van der Waals surface area (Å²) in [5, 5.41) is 8.83. The molecular weight excluding hydrogens is 414 g/mol. The van der Waals surface area contributed by atoms with E-state index >= 15 is 0 Å². The summed E-state index contributed by atoms with van der Waals surface area (Å²) in [5.41, 5.74) is 3.45. The van der Waals surface area contributed by atoms with Gasteiger partial charge in [-0.1, -0.05) is 49.4 Å². The van der Waals surface area contributed by atoms with Gasteiger partial charge in [0.15, 0.2) is 0 Å². The Morgan fingerprint density at radius 3 is 2.12 bits per heavy atom. The van der Waals surface area contributed by atoms with Gasteiger partial charge in [0, 0.05) is 17.8 Å². The Morgan fingerprint density at radius 1 is 0.788 bits per heavy atom. The first-order chi connectivity index (χ1) is 16.1. The van der Waals surface area contributed by atoms with Crippen LogP contribution in [0.25, 0.3) is 0 Å². The number of rotatable bonds is 12. The SMILES string of the molecule is CCCC(=O)Nc1ccc(NC(=O)CNc2ccccc2OCCCc2ccccc2)cc1. The molecule has 0 aliphatic rings. The lowest BCUT2D eigenvalue weighted by molar-refractivity contribution is -0.116. The topological polar surface area (TPSA) is 79.5 Å². The molecule has 0 saturated carbocycles. The molecule has 3 aromatic rings. The number of carbonyl (C=O) groups is 2. The summed E-state index contributed by atoms with van der Waals surface area (Å²) < 4.78 is 5.94. The number of amides is 2. The lowest BCUT2D eigenvalue weighted by Gasteiger charge is -2.13. The molecule has 172 valence electrons. The second-order valence-electron chi connectivity index (χ2n) is 7.71. The molecule has 2 amide bonds. The number of carbonyl (C=O) groups excluding carboxylic acids is 2. The molecule has 0 fully saturated rings. The van der Waals surface area contributed by atoms with Crippen LogP contribution in [0.1, 0.15) is 31.7 Å². The molecule has 0 aromatic heterocycles. The van der Waals surface area contributed by atoms with E-state index in [4.69, 9.17) is 4.74 Å². The first kappa shape index (κ1) is 23.9. The summed E-state index contributed by atoms with van der Waals surface area (Å²) in [7, 11) is 0. The van der Waals surface area contributed by atoms with E-state index in [0.29, 0.717) is 24.4 Å². The van der Waals surface area contributed by atoms with Crippen molar-refractivity contribution in [3.8, 4) is 5.75 Å². The molecule has 0 saturated heterocycles. The quantitative estimate of drug-likeness (QED) is 0.322. The summed E-state index contributed by atoms with van der Waals surface area (Å²) in [5.74, 6) is 0.543. The minimum absolute atomic E-state index is 0.0144. The highest BCUT2D eigenvalue weighted by Crippen LogP contribution is 2.24. The smallest absolute Gasteiger partial charge is 0.243 e. The molecule has 3 rings (SSSR count). The lowest BCUT2D eigenvalue weighted by atomic mass is 10.1. The molecule has 0 unspecified atom stereocenters. The van der Waals surface area contributed by atoms with Crippen molar-refractivity contribution in [3.63, 3.8) is 0 Å². The summed E-state index contributed by atoms with van der Waals surface area (Å²) in [6.45, 7) is 2.67. The predicted octanol–water partition coefficient (Wildman–Crippen LogP) is 5.49. The van der Waals surface area contributed by atoms with Gasteiger partial charge in [-0.2, -0.15) is 0 Å². The first-order valence-electron chi connectivity index (χ1n) is 11.3. The van der Waals surface area contributed by atoms with E-state index in [9.17, 15) is 9.59 Å². The third kappa shape index (κ3) is 8.33. The number of para-hydroxylation sites is 2. The molecule has 6 nitrogen and oxygen atoms in total. The molecule has 0 radical (unpaired) electrons. The van der Waals surface area contributed by atoms with Crippen LogP contribution >= 0.6 is 0 Å². The van der Waals surface area contributed by atoms with Gasteiger partial charge in [-0.25, -0.2) is 0 Å². The third-order valence-electron chi connectivity index (χ3n) is 4.97. The van der Waals surface area contributed by atoms with Crippen molar-refractivity contribution in [2.75, 3.05) is 29.1 Å². The van der Waals surface area contributed by atoms with Crippen LogP contribution in [-0.2, 0) is 16.0 Å². The first-order valence-corrected chi connectivity index (χ1v) is 11.3. The van der Waals surface area contributed by atoms with Gasteiger partial charge in [0.05, 0.1) is 18.8 Å². The van der Waals surface area contributed by atoms with Gasteiger partial charge in [-0.3, -0.25) is 9.59 Å². The van der Waals surface area contributed by atoms with E-state index in [0.717, 1.165) is 30.7 Å². The molecule has 0 aliphatic heterocycles. The van der Waals surface area contributed by atoms with Gasteiger partial charge in [0.25, 0.3) is 0 Å². The van der Waals surface area contributed by atoms with Crippen molar-refractivity contribution in [3.05, 3.63) is 84.4 Å². The van der Waals surface area contributed by atoms with Crippen LogP contribution in [-0.4, -0.2) is 25.0 Å². The van der Waals surface area contributed by atoms with E-state index in [-0.39, 0.29) is 18.4 Å². The number of anilines is 3. The lowest BCUT2D eigenvalue weighted by Crippen LogP contribution is -2.22. The summed E-state index contributed by atoms with van der Waals surface area (Å²) in [6.07, 6.45) is 3.16. The second-order valence-corrected chi connectivity index (χ2v) is 7.71. The Bertz CT molecular complexity index is 1020. The Labute approximate surface area is 195 Å². The maximum atomic E-state index is 12.4. The molecule has 6 heteroatoms. The zero-order valence-electron chi connectivity index (χ0n) is 19.0. The fourth-order valence-electron chi connectivity index (χ4n) is 3.31. The number of benzene rings is 3. The van der Waals surface area contributed by atoms with Crippen molar-refractivity contribution in [2.24, 2.45) is 0 Å². The summed E-state index contributed by atoms with van der Waals surface area (Å²) >= 11 is 0. The summed E-state index contributed by atoms with van der Waals surface area (Å²) in [6, 6.07) is 25.0. The molecule has 3 aromatic carbocycles. The molecular formula is C27H31N3O3. The third-order valence-corrected chi connectivity index (χ3v) is 4.97. The van der Waals surface area contributed by atoms with Crippen LogP contribution in [0.5, 0.6) is 5.75 Å². The fraction of sp³-hybridized carbons (Fsp3) is 0.259. The van der Waals surface area contributed by atoms with Crippen molar-refractivity contribution >= 4 is 28.9 Å². The fourth-order valence-corrected chi connectivity index (χ4v) is 3.31. The molecule has 0 heterocycles. The van der Waals surface area contributed by atoms with Crippen molar-refractivity contribution in [1.82, 2.24) is 0 Å². The van der Waals surface area contributed by atoms with Crippen molar-refractivity contribution in [1.29, 1.82) is 0 Å². The zero-order chi connectivity index (χ0) is 23.3. The Kier molecular flexibility index (Phi) is 9.33. The highest BCUT2D eigenvalue weighted by molar-refractivity contribution is 5.95. The van der Waals surface area contributed by atoms with Crippen LogP contribution < -0.4 is 20.7 Å². The van der Waals surface area contributed by atoms with Gasteiger partial charge < -0.3 is 20.7 Å². The average molecular weight is 446 g/mol. The van der Waals surface area contributed by atoms with Crippen LogP contribution in [0, 0.1) is 0 Å². The van der Waals surface area contributed by atoms with E-state index < -0.39 is 0 Å². The maximum absolute atomic E-state index is 12.4. The van der Waals surface area contributed by atoms with Gasteiger partial charge >= 0.3 is 0 Å². The number of hydrogen-bond acceptors (Lipinski definition) is 4. The molecule has 0 bridgehead atoms.